The summed E-state index contributed by atoms with van der Waals surface area (Å²) < 4.78 is 79.8. The van der Waals surface area contributed by atoms with Gasteiger partial charge in [0.25, 0.3) is 5.91 Å². The average molecular weight is 406 g/mol. The highest BCUT2D eigenvalue weighted by Gasteiger charge is 2.35. The lowest BCUT2D eigenvalue weighted by Gasteiger charge is -2.11. The number of alkyl halides is 6. The maximum absolute atomic E-state index is 13.0. The highest BCUT2D eigenvalue weighted by atomic mass is 32.1. The van der Waals surface area contributed by atoms with E-state index >= 15 is 0 Å². The number of ether oxygens (including phenoxy) is 1. The van der Waals surface area contributed by atoms with Crippen LogP contribution in [0.2, 0.25) is 0 Å². The molecule has 3 aromatic rings. The molecule has 11 heteroatoms. The van der Waals surface area contributed by atoms with Crippen LogP contribution in [0.15, 0.2) is 42.5 Å². The summed E-state index contributed by atoms with van der Waals surface area (Å²) in [5.41, 5.74) is -1.44. The molecule has 3 rings (SSSR count). The first-order valence-corrected chi connectivity index (χ1v) is 7.98. The SMILES string of the molecule is O=C(Nc1nc2ccc(OC(F)(F)F)cc2s1)c1ccccc1C(F)(F)F. The Kier molecular flexibility index (Phi) is 4.72. The highest BCUT2D eigenvalue weighted by Crippen LogP contribution is 2.34. The number of rotatable bonds is 3. The fraction of sp³-hybridized carbons (Fsp3) is 0.125. The van der Waals surface area contributed by atoms with Crippen molar-refractivity contribution in [1.29, 1.82) is 0 Å². The molecule has 142 valence electrons. The first-order chi connectivity index (χ1) is 12.5. The smallest absolute Gasteiger partial charge is 0.406 e. The molecule has 4 nitrogen and oxygen atoms in total. The molecule has 0 radical (unpaired) electrons. The second-order valence-electron chi connectivity index (χ2n) is 5.19. The number of fused-ring (bicyclic) bond motifs is 1. The molecule has 1 heterocycles. The molecule has 0 aliphatic heterocycles. The minimum atomic E-state index is -4.86. The van der Waals surface area contributed by atoms with E-state index in [4.69, 9.17) is 0 Å². The first-order valence-electron chi connectivity index (χ1n) is 7.17. The van der Waals surface area contributed by atoms with Gasteiger partial charge in [0.05, 0.1) is 21.3 Å². The second-order valence-corrected chi connectivity index (χ2v) is 6.22. The van der Waals surface area contributed by atoms with Gasteiger partial charge in [-0.2, -0.15) is 13.2 Å². The number of halogens is 6. The molecule has 1 aromatic heterocycles. The van der Waals surface area contributed by atoms with Crippen LogP contribution in [0.25, 0.3) is 10.2 Å². The van der Waals surface area contributed by atoms with Crippen LogP contribution in [0.4, 0.5) is 31.5 Å². The molecular formula is C16H8F6N2O2S. The lowest BCUT2D eigenvalue weighted by molar-refractivity contribution is -0.274. The van der Waals surface area contributed by atoms with Gasteiger partial charge in [-0.25, -0.2) is 4.98 Å². The molecule has 1 amide bonds. The van der Waals surface area contributed by atoms with E-state index in [1.165, 1.54) is 12.1 Å². The minimum Gasteiger partial charge on any atom is -0.406 e. The van der Waals surface area contributed by atoms with Gasteiger partial charge in [0.1, 0.15) is 5.75 Å². The molecule has 1 N–H and O–H groups in total. The number of aromatic nitrogens is 1. The van der Waals surface area contributed by atoms with Gasteiger partial charge in [-0.1, -0.05) is 23.5 Å². The Hall–Kier alpha value is -2.82. The zero-order valence-electron chi connectivity index (χ0n) is 13.0. The zero-order chi connectivity index (χ0) is 19.8. The van der Waals surface area contributed by atoms with Gasteiger partial charge >= 0.3 is 12.5 Å². The molecule has 0 saturated carbocycles. The van der Waals surface area contributed by atoms with Crippen LogP contribution in [0.1, 0.15) is 15.9 Å². The fourth-order valence-corrected chi connectivity index (χ4v) is 3.14. The summed E-state index contributed by atoms with van der Waals surface area (Å²) in [5.74, 6) is -1.51. The summed E-state index contributed by atoms with van der Waals surface area (Å²) >= 11 is 0.802. The van der Waals surface area contributed by atoms with Crippen molar-refractivity contribution in [2.24, 2.45) is 0 Å². The van der Waals surface area contributed by atoms with Crippen LogP contribution >= 0.6 is 11.3 Å². The number of nitrogens with one attached hydrogen (secondary N) is 1. The van der Waals surface area contributed by atoms with E-state index in [-0.39, 0.29) is 15.3 Å². The van der Waals surface area contributed by atoms with Crippen molar-refractivity contribution in [3.8, 4) is 5.75 Å². The standard InChI is InChI=1S/C16H8F6N2O2S/c17-15(18,19)10-4-2-1-3-9(10)13(25)24-14-23-11-6-5-8(7-12(11)27-14)26-16(20,21)22/h1-7H,(H,23,24,25). The number of anilines is 1. The van der Waals surface area contributed by atoms with Crippen molar-refractivity contribution in [2.75, 3.05) is 5.32 Å². The number of thiazole rings is 1. The molecule has 0 saturated heterocycles. The molecule has 0 aliphatic rings. The van der Waals surface area contributed by atoms with Gasteiger partial charge in [-0.05, 0) is 24.3 Å². The van der Waals surface area contributed by atoms with Crippen LogP contribution in [0.3, 0.4) is 0 Å². The third-order valence-corrected chi connectivity index (χ3v) is 4.22. The van der Waals surface area contributed by atoms with Crippen molar-refractivity contribution in [1.82, 2.24) is 4.98 Å². The van der Waals surface area contributed by atoms with Gasteiger partial charge in [0, 0.05) is 6.07 Å². The molecule has 0 spiro atoms. The molecule has 0 atom stereocenters. The molecule has 2 aromatic carbocycles. The van der Waals surface area contributed by atoms with Crippen LogP contribution in [-0.4, -0.2) is 17.3 Å². The van der Waals surface area contributed by atoms with Gasteiger partial charge in [0.15, 0.2) is 5.13 Å². The summed E-state index contributed by atoms with van der Waals surface area (Å²) in [6.45, 7) is 0. The monoisotopic (exact) mass is 406 g/mol. The summed E-state index contributed by atoms with van der Waals surface area (Å²) in [7, 11) is 0. The van der Waals surface area contributed by atoms with E-state index in [1.54, 1.807) is 0 Å². The maximum Gasteiger partial charge on any atom is 0.573 e. The molecule has 0 bridgehead atoms. The van der Waals surface area contributed by atoms with E-state index in [0.717, 1.165) is 41.7 Å². The Balaban J connectivity index is 1.86. The van der Waals surface area contributed by atoms with Crippen molar-refractivity contribution in [3.63, 3.8) is 0 Å². The lowest BCUT2D eigenvalue weighted by atomic mass is 10.1. The average Bonchev–Trinajstić information content (AvgIpc) is 2.94. The summed E-state index contributed by atoms with van der Waals surface area (Å²) in [4.78, 5) is 16.2. The lowest BCUT2D eigenvalue weighted by Crippen LogP contribution is -2.18. The summed E-state index contributed by atoms with van der Waals surface area (Å²) in [6, 6.07) is 7.57. The van der Waals surface area contributed by atoms with Crippen LogP contribution in [-0.2, 0) is 6.18 Å². The topological polar surface area (TPSA) is 51.2 Å². The van der Waals surface area contributed by atoms with E-state index < -0.39 is 35.3 Å². The van der Waals surface area contributed by atoms with E-state index in [1.807, 2.05) is 0 Å². The van der Waals surface area contributed by atoms with Crippen molar-refractivity contribution in [3.05, 3.63) is 53.6 Å². The largest absolute Gasteiger partial charge is 0.573 e. The van der Waals surface area contributed by atoms with Crippen LogP contribution in [0.5, 0.6) is 5.75 Å². The van der Waals surface area contributed by atoms with Crippen molar-refractivity contribution < 1.29 is 35.9 Å². The fourth-order valence-electron chi connectivity index (χ4n) is 2.25. The number of amides is 1. The second kappa shape index (κ2) is 6.72. The quantitative estimate of drug-likeness (QED) is 0.587. The van der Waals surface area contributed by atoms with Gasteiger partial charge in [0.2, 0.25) is 0 Å². The molecule has 0 fully saturated rings. The normalized spacial score (nSPS) is 12.2. The van der Waals surface area contributed by atoms with Crippen LogP contribution in [0, 0.1) is 0 Å². The molecule has 0 unspecified atom stereocenters. The van der Waals surface area contributed by atoms with E-state index in [0.29, 0.717) is 0 Å². The Bertz CT molecular complexity index is 996. The predicted molar refractivity (Wildman–Crippen MR) is 85.7 cm³/mol. The van der Waals surface area contributed by atoms with Gasteiger partial charge in [-0.3, -0.25) is 10.1 Å². The number of hydrogen-bond acceptors (Lipinski definition) is 4. The Morgan fingerprint density at radius 3 is 2.41 bits per heavy atom. The highest BCUT2D eigenvalue weighted by molar-refractivity contribution is 7.22. The van der Waals surface area contributed by atoms with Crippen molar-refractivity contribution in [2.45, 2.75) is 12.5 Å². The number of carbonyl (C=O) groups is 1. The first kappa shape index (κ1) is 19.0. The Morgan fingerprint density at radius 1 is 1.04 bits per heavy atom. The van der Waals surface area contributed by atoms with Gasteiger partial charge in [-0.15, -0.1) is 13.2 Å². The molecular weight excluding hydrogens is 398 g/mol. The molecule has 0 aliphatic carbocycles. The third-order valence-electron chi connectivity index (χ3n) is 3.29. The number of benzene rings is 2. The van der Waals surface area contributed by atoms with Gasteiger partial charge < -0.3 is 4.74 Å². The summed E-state index contributed by atoms with van der Waals surface area (Å²) in [6.07, 6.45) is -9.58. The predicted octanol–water partition coefficient (Wildman–Crippen LogP) is 5.47. The number of nitrogens with zero attached hydrogens (tertiary/aromatic N) is 1. The number of hydrogen-bond donors (Lipinski definition) is 1. The molecule has 27 heavy (non-hydrogen) atoms. The minimum absolute atomic E-state index is 0.0591. The maximum atomic E-state index is 13.0. The Labute approximate surface area is 151 Å². The number of carbonyl (C=O) groups excluding carboxylic acids is 1. The van der Waals surface area contributed by atoms with Crippen LogP contribution < -0.4 is 10.1 Å². The van der Waals surface area contributed by atoms with E-state index in [2.05, 4.69) is 15.0 Å². The Morgan fingerprint density at radius 2 is 1.74 bits per heavy atom. The third kappa shape index (κ3) is 4.48. The zero-order valence-corrected chi connectivity index (χ0v) is 13.8. The van der Waals surface area contributed by atoms with Crippen molar-refractivity contribution >= 4 is 32.6 Å². The summed E-state index contributed by atoms with van der Waals surface area (Å²) in [5, 5.41) is 2.17. The van der Waals surface area contributed by atoms with E-state index in [9.17, 15) is 31.1 Å².